The first kappa shape index (κ1) is 21.1. The zero-order chi connectivity index (χ0) is 20.7. The van der Waals surface area contributed by atoms with Crippen LogP contribution in [0, 0.1) is 6.92 Å². The van der Waals surface area contributed by atoms with Gasteiger partial charge in [0.05, 0.1) is 6.61 Å². The van der Waals surface area contributed by atoms with E-state index in [9.17, 15) is 8.42 Å². The summed E-state index contributed by atoms with van der Waals surface area (Å²) in [6, 6.07) is 24.6. The maximum absolute atomic E-state index is 13.7. The lowest BCUT2D eigenvalue weighted by Gasteiger charge is -2.24. The van der Waals surface area contributed by atoms with Gasteiger partial charge in [0, 0.05) is 13.1 Å². The van der Waals surface area contributed by atoms with Gasteiger partial charge in [-0.15, -0.1) is 0 Å². The van der Waals surface area contributed by atoms with Crippen LogP contribution in [0.3, 0.4) is 0 Å². The zero-order valence-electron chi connectivity index (χ0n) is 16.9. The van der Waals surface area contributed by atoms with Crippen LogP contribution in [0.4, 0.5) is 0 Å². The van der Waals surface area contributed by atoms with Gasteiger partial charge >= 0.3 is 0 Å². The lowest BCUT2D eigenvalue weighted by Crippen LogP contribution is -2.30. The fourth-order valence-corrected chi connectivity index (χ4v) is 4.62. The van der Waals surface area contributed by atoms with Crippen molar-refractivity contribution < 1.29 is 13.2 Å². The molecule has 3 aromatic rings. The van der Waals surface area contributed by atoms with Crippen LogP contribution in [0.1, 0.15) is 30.0 Å². The second-order valence-electron chi connectivity index (χ2n) is 7.04. The van der Waals surface area contributed by atoms with Crippen LogP contribution in [-0.4, -0.2) is 19.3 Å². The van der Waals surface area contributed by atoms with Gasteiger partial charge in [-0.2, -0.15) is 4.31 Å². The number of hydrogen-bond donors (Lipinski definition) is 0. The molecule has 3 aromatic carbocycles. The third-order valence-electron chi connectivity index (χ3n) is 4.58. The summed E-state index contributed by atoms with van der Waals surface area (Å²) in [4.78, 5) is 0.211. The molecule has 0 aromatic heterocycles. The summed E-state index contributed by atoms with van der Waals surface area (Å²) >= 11 is 0. The molecule has 0 unspecified atom stereocenters. The molecule has 0 fully saturated rings. The standard InChI is InChI=1S/C24H27NO3S/c1-3-16-28-23-17-20(2)14-15-24(23)29(26,27)25(18-21-10-6-4-7-11-21)19-22-12-8-5-9-13-22/h4-15,17H,3,16,18-19H2,1-2H3. The number of rotatable bonds is 9. The van der Waals surface area contributed by atoms with Crippen LogP contribution in [0.2, 0.25) is 0 Å². The van der Waals surface area contributed by atoms with Gasteiger partial charge in [0.25, 0.3) is 0 Å². The molecule has 0 atom stereocenters. The predicted molar refractivity (Wildman–Crippen MR) is 116 cm³/mol. The van der Waals surface area contributed by atoms with Crippen molar-refractivity contribution in [3.8, 4) is 5.75 Å². The van der Waals surface area contributed by atoms with Crippen molar-refractivity contribution in [3.05, 3.63) is 95.6 Å². The van der Waals surface area contributed by atoms with Crippen LogP contribution in [-0.2, 0) is 23.1 Å². The van der Waals surface area contributed by atoms with Crippen LogP contribution < -0.4 is 4.74 Å². The molecule has 0 N–H and O–H groups in total. The second-order valence-corrected chi connectivity index (χ2v) is 8.95. The van der Waals surface area contributed by atoms with E-state index in [0.29, 0.717) is 25.4 Å². The van der Waals surface area contributed by atoms with Crippen LogP contribution in [0.25, 0.3) is 0 Å². The minimum Gasteiger partial charge on any atom is -0.492 e. The first-order chi connectivity index (χ1) is 14.0. The first-order valence-electron chi connectivity index (χ1n) is 9.82. The topological polar surface area (TPSA) is 46.6 Å². The quantitative estimate of drug-likeness (QED) is 0.489. The summed E-state index contributed by atoms with van der Waals surface area (Å²) in [5.41, 5.74) is 2.85. The summed E-state index contributed by atoms with van der Waals surface area (Å²) < 4.78 is 34.7. The smallest absolute Gasteiger partial charge is 0.247 e. The number of benzene rings is 3. The molecule has 152 valence electrons. The van der Waals surface area contributed by atoms with E-state index < -0.39 is 10.0 Å². The van der Waals surface area contributed by atoms with Gasteiger partial charge in [0.2, 0.25) is 10.0 Å². The SMILES string of the molecule is CCCOc1cc(C)ccc1S(=O)(=O)N(Cc1ccccc1)Cc1ccccc1. The summed E-state index contributed by atoms with van der Waals surface area (Å²) in [7, 11) is -3.77. The Morgan fingerprint density at radius 2 is 1.38 bits per heavy atom. The highest BCUT2D eigenvalue weighted by Crippen LogP contribution is 2.30. The van der Waals surface area contributed by atoms with E-state index in [1.54, 1.807) is 12.1 Å². The normalized spacial score (nSPS) is 11.6. The largest absolute Gasteiger partial charge is 0.492 e. The first-order valence-corrected chi connectivity index (χ1v) is 11.3. The summed E-state index contributed by atoms with van der Waals surface area (Å²) in [6.45, 7) is 4.99. The van der Waals surface area contributed by atoms with Crippen molar-refractivity contribution in [1.82, 2.24) is 4.31 Å². The Balaban J connectivity index is 2.01. The molecule has 0 saturated heterocycles. The minimum atomic E-state index is -3.77. The second kappa shape index (κ2) is 9.72. The van der Waals surface area contributed by atoms with Crippen molar-refractivity contribution in [3.63, 3.8) is 0 Å². The van der Waals surface area contributed by atoms with Crippen molar-refractivity contribution in [2.24, 2.45) is 0 Å². The maximum atomic E-state index is 13.7. The number of hydrogen-bond acceptors (Lipinski definition) is 3. The third-order valence-corrected chi connectivity index (χ3v) is 6.41. The number of ether oxygens (including phenoxy) is 1. The summed E-state index contributed by atoms with van der Waals surface area (Å²) in [5, 5.41) is 0. The fraction of sp³-hybridized carbons (Fsp3) is 0.250. The van der Waals surface area contributed by atoms with Gasteiger partial charge < -0.3 is 4.74 Å². The minimum absolute atomic E-state index is 0.211. The Morgan fingerprint density at radius 3 is 1.90 bits per heavy atom. The molecular weight excluding hydrogens is 382 g/mol. The predicted octanol–water partition coefficient (Wildman–Crippen LogP) is 5.17. The Kier molecular flexibility index (Phi) is 7.07. The monoisotopic (exact) mass is 409 g/mol. The molecule has 0 aliphatic heterocycles. The molecule has 0 radical (unpaired) electrons. The number of sulfonamides is 1. The molecule has 0 aliphatic carbocycles. The average molecular weight is 410 g/mol. The van der Waals surface area contributed by atoms with E-state index in [1.165, 1.54) is 4.31 Å². The molecule has 0 saturated carbocycles. The molecule has 0 bridgehead atoms. The van der Waals surface area contributed by atoms with Crippen LogP contribution >= 0.6 is 0 Å². The lowest BCUT2D eigenvalue weighted by molar-refractivity contribution is 0.307. The number of nitrogens with zero attached hydrogens (tertiary/aromatic N) is 1. The molecule has 0 heterocycles. The highest BCUT2D eigenvalue weighted by atomic mass is 32.2. The van der Waals surface area contributed by atoms with Gasteiger partial charge in [-0.3, -0.25) is 0 Å². The molecule has 0 aliphatic rings. The maximum Gasteiger partial charge on any atom is 0.247 e. The average Bonchev–Trinajstić information content (AvgIpc) is 2.73. The van der Waals surface area contributed by atoms with Crippen molar-refractivity contribution in [2.75, 3.05) is 6.61 Å². The fourth-order valence-electron chi connectivity index (χ4n) is 3.09. The molecule has 0 amide bonds. The molecule has 5 heteroatoms. The Hall–Kier alpha value is -2.63. The molecular formula is C24H27NO3S. The molecule has 3 rings (SSSR count). The van der Waals surface area contributed by atoms with E-state index in [4.69, 9.17) is 4.74 Å². The van der Waals surface area contributed by atoms with E-state index in [1.807, 2.05) is 80.6 Å². The highest BCUT2D eigenvalue weighted by Gasteiger charge is 2.28. The number of aryl methyl sites for hydroxylation is 1. The molecule has 29 heavy (non-hydrogen) atoms. The molecule has 4 nitrogen and oxygen atoms in total. The van der Waals surface area contributed by atoms with E-state index in [-0.39, 0.29) is 4.90 Å². The highest BCUT2D eigenvalue weighted by molar-refractivity contribution is 7.89. The Labute approximate surface area is 173 Å². The van der Waals surface area contributed by atoms with E-state index in [0.717, 1.165) is 23.1 Å². The Bertz CT molecular complexity index is 977. The third kappa shape index (κ3) is 5.46. The van der Waals surface area contributed by atoms with Crippen molar-refractivity contribution in [1.29, 1.82) is 0 Å². The van der Waals surface area contributed by atoms with Gasteiger partial charge in [0.1, 0.15) is 10.6 Å². The van der Waals surface area contributed by atoms with Crippen LogP contribution in [0.15, 0.2) is 83.8 Å². The van der Waals surface area contributed by atoms with E-state index in [2.05, 4.69) is 0 Å². The van der Waals surface area contributed by atoms with E-state index >= 15 is 0 Å². The van der Waals surface area contributed by atoms with Crippen LogP contribution in [0.5, 0.6) is 5.75 Å². The summed E-state index contributed by atoms with van der Waals surface area (Å²) in [5.74, 6) is 0.415. The van der Waals surface area contributed by atoms with Gasteiger partial charge in [0.15, 0.2) is 0 Å². The van der Waals surface area contributed by atoms with Crippen molar-refractivity contribution in [2.45, 2.75) is 38.3 Å². The van der Waals surface area contributed by atoms with Crippen molar-refractivity contribution >= 4 is 10.0 Å². The molecule has 0 spiro atoms. The summed E-state index contributed by atoms with van der Waals surface area (Å²) in [6.07, 6.45) is 0.811. The Morgan fingerprint density at radius 1 is 0.828 bits per heavy atom. The van der Waals surface area contributed by atoms with Gasteiger partial charge in [-0.05, 0) is 42.2 Å². The van der Waals surface area contributed by atoms with Gasteiger partial charge in [-0.1, -0.05) is 73.7 Å². The zero-order valence-corrected chi connectivity index (χ0v) is 17.7. The lowest BCUT2D eigenvalue weighted by atomic mass is 10.2. The van der Waals surface area contributed by atoms with Gasteiger partial charge in [-0.25, -0.2) is 8.42 Å².